The molecule has 0 aromatic carbocycles. The van der Waals surface area contributed by atoms with Crippen molar-refractivity contribution in [3.05, 3.63) is 0 Å². The fourth-order valence-electron chi connectivity index (χ4n) is 4.57. The van der Waals surface area contributed by atoms with Gasteiger partial charge in [0.1, 0.15) is 0 Å². The van der Waals surface area contributed by atoms with Crippen LogP contribution in [-0.2, 0) is 9.59 Å². The molecule has 0 aliphatic rings. The van der Waals surface area contributed by atoms with Crippen molar-refractivity contribution in [2.75, 3.05) is 0 Å². The van der Waals surface area contributed by atoms with Gasteiger partial charge >= 0.3 is 103 Å². The zero-order chi connectivity index (χ0) is 27.0. The van der Waals surface area contributed by atoms with Crippen molar-refractivity contribution in [3.63, 3.8) is 0 Å². The summed E-state index contributed by atoms with van der Waals surface area (Å²) in [7, 11) is 0. The summed E-state index contributed by atoms with van der Waals surface area (Å²) >= 11 is 0. The molecule has 0 aliphatic carbocycles. The van der Waals surface area contributed by atoms with Gasteiger partial charge < -0.3 is 19.8 Å². The van der Waals surface area contributed by atoms with Gasteiger partial charge in [-0.05, 0) is 25.7 Å². The fraction of sp³-hybridized carbons (Fsp3) is 0.938. The van der Waals surface area contributed by atoms with Crippen molar-refractivity contribution in [2.45, 2.75) is 194 Å². The summed E-state index contributed by atoms with van der Waals surface area (Å²) in [6, 6.07) is 0. The number of aliphatic carboxylic acids is 2. The van der Waals surface area contributed by atoms with Crippen LogP contribution in [0.4, 0.5) is 0 Å². The number of hydrogen-bond donors (Lipinski definition) is 0. The smallest absolute Gasteiger partial charge is 0.550 e. The Morgan fingerprint density at radius 3 is 0.658 bits per heavy atom. The van der Waals surface area contributed by atoms with Crippen molar-refractivity contribution in [3.8, 4) is 0 Å². The Morgan fingerprint density at radius 1 is 0.342 bits per heavy atom. The Morgan fingerprint density at radius 2 is 0.500 bits per heavy atom. The van der Waals surface area contributed by atoms with E-state index in [9.17, 15) is 19.8 Å². The molecule has 0 atom stereocenters. The van der Waals surface area contributed by atoms with Gasteiger partial charge in [-0.3, -0.25) is 0 Å². The zero-order valence-corrected chi connectivity index (χ0v) is 32.7. The number of carbonyl (C=O) groups excluding carboxylic acids is 2. The first-order valence-corrected chi connectivity index (χ1v) is 15.9. The number of rotatable bonds is 28. The Hall–Kier alpha value is 2.21. The Kier molecular flexibility index (Phi) is 54.2. The molecule has 0 heterocycles. The van der Waals surface area contributed by atoms with Gasteiger partial charge in [-0.15, -0.1) is 0 Å². The van der Waals surface area contributed by atoms with Crippen LogP contribution < -0.4 is 113 Å². The molecule has 0 spiro atoms. The summed E-state index contributed by atoms with van der Waals surface area (Å²) in [5.41, 5.74) is 0. The third-order valence-electron chi connectivity index (χ3n) is 6.97. The summed E-state index contributed by atoms with van der Waals surface area (Å²) in [5, 5.41) is 20.4. The van der Waals surface area contributed by atoms with E-state index >= 15 is 0 Å². The molecule has 0 fully saturated rings. The zero-order valence-electron chi connectivity index (χ0n) is 26.4. The summed E-state index contributed by atoms with van der Waals surface area (Å²) in [4.78, 5) is 20.4. The molecule has 216 valence electrons. The van der Waals surface area contributed by atoms with Crippen molar-refractivity contribution in [1.82, 2.24) is 0 Å². The summed E-state index contributed by atoms with van der Waals surface area (Å²) in [5.74, 6) is -1.81. The molecule has 0 unspecified atom stereocenters. The molecule has 0 aromatic rings. The first kappa shape index (κ1) is 47.2. The Balaban J connectivity index is -0.000000289. The number of carboxylic acids is 2. The van der Waals surface area contributed by atoms with Crippen LogP contribution in [0.5, 0.6) is 0 Å². The third kappa shape index (κ3) is 51.0. The molecule has 0 aliphatic heterocycles. The van der Waals surface area contributed by atoms with Gasteiger partial charge in [-0.1, -0.05) is 168 Å². The number of carbonyl (C=O) groups is 2. The molecule has 0 bridgehead atoms. The van der Waals surface area contributed by atoms with Crippen molar-refractivity contribution < 1.29 is 123 Å². The van der Waals surface area contributed by atoms with Crippen molar-refractivity contribution in [2.24, 2.45) is 0 Å². The molecule has 0 aromatic heterocycles. The average molecular weight is 589 g/mol. The second-order valence-corrected chi connectivity index (χ2v) is 10.7. The van der Waals surface area contributed by atoms with Crippen LogP contribution in [0.25, 0.3) is 0 Å². The molecule has 38 heavy (non-hydrogen) atoms. The van der Waals surface area contributed by atoms with E-state index in [2.05, 4.69) is 13.8 Å². The first-order chi connectivity index (χ1) is 17.5. The normalized spacial score (nSPS) is 10.2. The van der Waals surface area contributed by atoms with Crippen molar-refractivity contribution >= 4 is 11.9 Å². The van der Waals surface area contributed by atoms with E-state index in [1.54, 1.807) is 0 Å². The molecule has 6 heteroatoms. The minimum absolute atomic E-state index is 0. The number of carboxylic acid groups (broad SMARTS) is 2. The predicted molar refractivity (Wildman–Crippen MR) is 151 cm³/mol. The van der Waals surface area contributed by atoms with Gasteiger partial charge in [-0.25, -0.2) is 0 Å². The van der Waals surface area contributed by atoms with E-state index in [1.165, 1.54) is 141 Å². The second-order valence-electron chi connectivity index (χ2n) is 10.7. The minimum atomic E-state index is -0.905. The molecule has 0 radical (unpaired) electrons. The molecule has 0 amide bonds. The molecular weight excluding hydrogens is 527 g/mol. The number of hydrogen-bond acceptors (Lipinski definition) is 4. The Labute approximate surface area is 323 Å². The second kappa shape index (κ2) is 43.7. The molecule has 4 nitrogen and oxygen atoms in total. The van der Waals surface area contributed by atoms with Crippen LogP contribution in [0.1, 0.15) is 194 Å². The van der Waals surface area contributed by atoms with Crippen LogP contribution in [0.2, 0.25) is 0 Å². The monoisotopic (exact) mass is 588 g/mol. The molecule has 0 rings (SSSR count). The molecule has 0 saturated heterocycles. The largest absolute Gasteiger partial charge is 1.00 e. The van der Waals surface area contributed by atoms with Crippen LogP contribution >= 0.6 is 0 Å². The van der Waals surface area contributed by atoms with Crippen LogP contribution in [0, 0.1) is 0 Å². The number of unbranched alkanes of at least 4 members (excludes halogenated alkanes) is 24. The van der Waals surface area contributed by atoms with Gasteiger partial charge in [0.25, 0.3) is 0 Å². The van der Waals surface area contributed by atoms with Gasteiger partial charge in [0.2, 0.25) is 0 Å². The van der Waals surface area contributed by atoms with Crippen LogP contribution in [0.15, 0.2) is 0 Å². The molecular formula is C32H62K2O4. The van der Waals surface area contributed by atoms with Gasteiger partial charge in [0.05, 0.1) is 0 Å². The van der Waals surface area contributed by atoms with Crippen LogP contribution in [0.3, 0.4) is 0 Å². The summed E-state index contributed by atoms with van der Waals surface area (Å²) in [6.07, 6.45) is 33.9. The van der Waals surface area contributed by atoms with E-state index in [1.807, 2.05) is 0 Å². The quantitative estimate of drug-likeness (QED) is 0.104. The summed E-state index contributed by atoms with van der Waals surface area (Å²) < 4.78 is 0. The van der Waals surface area contributed by atoms with Gasteiger partial charge in [-0.2, -0.15) is 0 Å². The first-order valence-electron chi connectivity index (χ1n) is 15.9. The van der Waals surface area contributed by atoms with E-state index in [0.29, 0.717) is 0 Å². The fourth-order valence-corrected chi connectivity index (χ4v) is 4.57. The Bertz CT molecular complexity index is 407. The van der Waals surface area contributed by atoms with E-state index in [-0.39, 0.29) is 116 Å². The minimum Gasteiger partial charge on any atom is -0.550 e. The van der Waals surface area contributed by atoms with E-state index in [0.717, 1.165) is 25.7 Å². The average Bonchev–Trinajstić information content (AvgIpc) is 2.85. The third-order valence-corrected chi connectivity index (χ3v) is 6.97. The van der Waals surface area contributed by atoms with Gasteiger partial charge in [0.15, 0.2) is 0 Å². The van der Waals surface area contributed by atoms with Crippen molar-refractivity contribution in [1.29, 1.82) is 0 Å². The maximum atomic E-state index is 10.2. The predicted octanol–water partition coefficient (Wildman–Crippen LogP) is 2.44. The molecule has 0 saturated carbocycles. The van der Waals surface area contributed by atoms with E-state index in [4.69, 9.17) is 0 Å². The van der Waals surface area contributed by atoms with Gasteiger partial charge in [0, 0.05) is 11.9 Å². The maximum Gasteiger partial charge on any atom is 1.00 e. The topological polar surface area (TPSA) is 80.3 Å². The summed E-state index contributed by atoms with van der Waals surface area (Å²) in [6.45, 7) is 4.51. The van der Waals surface area contributed by atoms with E-state index < -0.39 is 11.9 Å². The standard InChI is InChI=1S/2C16H32O2.2K/c2*1-2-3-4-5-6-7-8-9-10-11-12-13-14-15-16(17)18;;/h2*2-15H2,1H3,(H,17,18);;/q;;2*+1/p-2. The maximum absolute atomic E-state index is 10.2. The van der Waals surface area contributed by atoms with Crippen LogP contribution in [-0.4, -0.2) is 11.9 Å². The molecule has 0 N–H and O–H groups in total. The SMILES string of the molecule is CCCCCCCCCCCCCCCC(=O)[O-].CCCCCCCCCCCCCCCC(=O)[O-].[K+].[K+].